The molecule has 0 aliphatic carbocycles. The van der Waals surface area contributed by atoms with Gasteiger partial charge in [0.05, 0.1) is 12.8 Å². The third-order valence-corrected chi connectivity index (χ3v) is 2.93. The molecule has 0 heterocycles. The van der Waals surface area contributed by atoms with Crippen molar-refractivity contribution in [3.63, 3.8) is 0 Å². The number of hydrogen-bond donors (Lipinski definition) is 3. The number of nitrogen functional groups attached to an aromatic ring is 1. The van der Waals surface area contributed by atoms with Crippen LogP contribution in [0.25, 0.3) is 0 Å². The van der Waals surface area contributed by atoms with Crippen LogP contribution in [-0.4, -0.2) is 18.1 Å². The zero-order valence-electron chi connectivity index (χ0n) is 11.3. The molecular weight excluding hydrogens is 256 g/mol. The third kappa shape index (κ3) is 2.83. The number of benzene rings is 2. The van der Waals surface area contributed by atoms with Gasteiger partial charge in [-0.25, -0.2) is 0 Å². The van der Waals surface area contributed by atoms with Crippen molar-refractivity contribution >= 4 is 17.3 Å². The van der Waals surface area contributed by atoms with Gasteiger partial charge in [0.2, 0.25) is 0 Å². The van der Waals surface area contributed by atoms with Gasteiger partial charge in [0.1, 0.15) is 11.5 Å². The van der Waals surface area contributed by atoms with Gasteiger partial charge in [0.15, 0.2) is 0 Å². The lowest BCUT2D eigenvalue weighted by Crippen LogP contribution is -2.14. The summed E-state index contributed by atoms with van der Waals surface area (Å²) in [7, 11) is 1.52. The number of phenolic OH excluding ortho intramolecular Hbond substituents is 1. The number of phenols is 1. The molecule has 20 heavy (non-hydrogen) atoms. The number of anilines is 2. The average Bonchev–Trinajstić information content (AvgIpc) is 2.38. The third-order valence-electron chi connectivity index (χ3n) is 2.93. The second-order valence-corrected chi connectivity index (χ2v) is 4.41. The van der Waals surface area contributed by atoms with Crippen molar-refractivity contribution in [2.75, 3.05) is 18.2 Å². The van der Waals surface area contributed by atoms with Crippen LogP contribution in [0.4, 0.5) is 11.4 Å². The number of methoxy groups -OCH3 is 1. The van der Waals surface area contributed by atoms with Crippen molar-refractivity contribution in [2.45, 2.75) is 6.92 Å². The number of ether oxygens (including phenoxy) is 1. The maximum atomic E-state index is 12.2. The fourth-order valence-corrected chi connectivity index (χ4v) is 1.92. The Bertz CT molecular complexity index is 654. The number of carbonyl (C=O) groups excluding carboxylic acids is 1. The van der Waals surface area contributed by atoms with Gasteiger partial charge in [-0.15, -0.1) is 0 Å². The highest BCUT2D eigenvalue weighted by atomic mass is 16.5. The van der Waals surface area contributed by atoms with Crippen LogP contribution in [0.15, 0.2) is 36.4 Å². The Morgan fingerprint density at radius 2 is 2.00 bits per heavy atom. The Labute approximate surface area is 117 Å². The number of rotatable bonds is 3. The van der Waals surface area contributed by atoms with Gasteiger partial charge in [-0.2, -0.15) is 0 Å². The average molecular weight is 272 g/mol. The maximum Gasteiger partial charge on any atom is 0.256 e. The van der Waals surface area contributed by atoms with Crippen molar-refractivity contribution in [1.82, 2.24) is 0 Å². The Hall–Kier alpha value is -2.69. The summed E-state index contributed by atoms with van der Waals surface area (Å²) in [4.78, 5) is 12.2. The molecule has 0 aromatic heterocycles. The summed E-state index contributed by atoms with van der Waals surface area (Å²) in [6, 6.07) is 9.59. The second-order valence-electron chi connectivity index (χ2n) is 4.41. The number of nitrogens with two attached hydrogens (primary N) is 1. The summed E-state index contributed by atoms with van der Waals surface area (Å²) in [6.07, 6.45) is 0. The molecule has 2 rings (SSSR count). The Morgan fingerprint density at radius 1 is 1.25 bits per heavy atom. The first kappa shape index (κ1) is 13.7. The number of amides is 1. The summed E-state index contributed by atoms with van der Waals surface area (Å²) in [6.45, 7) is 1.76. The maximum absolute atomic E-state index is 12.2. The minimum absolute atomic E-state index is 0.126. The number of nitrogens with one attached hydrogen (secondary N) is 1. The van der Waals surface area contributed by atoms with E-state index in [1.165, 1.54) is 19.2 Å². The van der Waals surface area contributed by atoms with E-state index >= 15 is 0 Å². The van der Waals surface area contributed by atoms with Crippen LogP contribution in [-0.2, 0) is 0 Å². The van der Waals surface area contributed by atoms with Crippen LogP contribution in [0.3, 0.4) is 0 Å². The summed E-state index contributed by atoms with van der Waals surface area (Å²) < 4.78 is 5.18. The Morgan fingerprint density at radius 3 is 2.65 bits per heavy atom. The van der Waals surface area contributed by atoms with Gasteiger partial charge in [0.25, 0.3) is 5.91 Å². The zero-order valence-corrected chi connectivity index (χ0v) is 11.3. The predicted molar refractivity (Wildman–Crippen MR) is 78.2 cm³/mol. The summed E-state index contributed by atoms with van der Waals surface area (Å²) >= 11 is 0. The van der Waals surface area contributed by atoms with Crippen molar-refractivity contribution < 1.29 is 14.6 Å². The van der Waals surface area contributed by atoms with E-state index in [2.05, 4.69) is 5.32 Å². The molecule has 4 N–H and O–H groups in total. The van der Waals surface area contributed by atoms with E-state index in [1.807, 2.05) is 0 Å². The molecule has 1 amide bonds. The van der Waals surface area contributed by atoms with Crippen LogP contribution in [0.1, 0.15) is 15.9 Å². The quantitative estimate of drug-likeness (QED) is 0.750. The first-order chi connectivity index (χ1) is 9.51. The van der Waals surface area contributed by atoms with Gasteiger partial charge in [-0.1, -0.05) is 0 Å². The molecular formula is C15H16N2O3. The van der Waals surface area contributed by atoms with Gasteiger partial charge in [0, 0.05) is 11.3 Å². The fraction of sp³-hybridized carbons (Fsp3) is 0.133. The Kier molecular flexibility index (Phi) is 3.79. The predicted octanol–water partition coefficient (Wildman–Crippen LogP) is 2.54. The summed E-state index contributed by atoms with van der Waals surface area (Å²) in [5.41, 5.74) is 7.91. The van der Waals surface area contributed by atoms with Crippen molar-refractivity contribution in [3.05, 3.63) is 47.5 Å². The van der Waals surface area contributed by atoms with Crippen molar-refractivity contribution in [3.8, 4) is 11.5 Å². The van der Waals surface area contributed by atoms with Crippen molar-refractivity contribution in [1.29, 1.82) is 0 Å². The lowest BCUT2D eigenvalue weighted by Gasteiger charge is -2.12. The number of aryl methyl sites for hydroxylation is 1. The molecule has 0 atom stereocenters. The van der Waals surface area contributed by atoms with E-state index in [0.29, 0.717) is 28.3 Å². The van der Waals surface area contributed by atoms with Crippen LogP contribution < -0.4 is 15.8 Å². The molecule has 2 aromatic carbocycles. The van der Waals surface area contributed by atoms with E-state index in [1.54, 1.807) is 31.2 Å². The van der Waals surface area contributed by atoms with Crippen LogP contribution >= 0.6 is 0 Å². The molecule has 5 heteroatoms. The molecule has 0 unspecified atom stereocenters. The first-order valence-electron chi connectivity index (χ1n) is 6.05. The largest absolute Gasteiger partial charge is 0.508 e. The molecule has 0 saturated heterocycles. The highest BCUT2D eigenvalue weighted by molar-refractivity contribution is 6.06. The van der Waals surface area contributed by atoms with Crippen molar-refractivity contribution in [2.24, 2.45) is 0 Å². The number of carbonyl (C=O) groups is 1. The van der Waals surface area contributed by atoms with E-state index in [4.69, 9.17) is 10.5 Å². The van der Waals surface area contributed by atoms with Gasteiger partial charge in [-0.05, 0) is 48.9 Å². The van der Waals surface area contributed by atoms with Gasteiger partial charge < -0.3 is 20.9 Å². The molecule has 104 valence electrons. The smallest absolute Gasteiger partial charge is 0.256 e. The fourth-order valence-electron chi connectivity index (χ4n) is 1.92. The van der Waals surface area contributed by atoms with E-state index in [9.17, 15) is 9.90 Å². The monoisotopic (exact) mass is 272 g/mol. The molecule has 0 bridgehead atoms. The molecule has 0 aliphatic heterocycles. The van der Waals surface area contributed by atoms with E-state index < -0.39 is 0 Å². The minimum Gasteiger partial charge on any atom is -0.508 e. The SMILES string of the molecule is COc1ccc(N)cc1NC(=O)c1ccc(O)cc1C. The molecule has 0 saturated carbocycles. The molecule has 0 aliphatic rings. The minimum atomic E-state index is -0.286. The lowest BCUT2D eigenvalue weighted by atomic mass is 10.1. The van der Waals surface area contributed by atoms with Crippen LogP contribution in [0, 0.1) is 6.92 Å². The topological polar surface area (TPSA) is 84.6 Å². The van der Waals surface area contributed by atoms with Crippen LogP contribution in [0.2, 0.25) is 0 Å². The molecule has 0 spiro atoms. The first-order valence-corrected chi connectivity index (χ1v) is 6.05. The van der Waals surface area contributed by atoms with E-state index in [0.717, 1.165) is 0 Å². The normalized spacial score (nSPS) is 10.1. The molecule has 5 nitrogen and oxygen atoms in total. The molecule has 2 aromatic rings. The van der Waals surface area contributed by atoms with E-state index in [-0.39, 0.29) is 11.7 Å². The number of aromatic hydroxyl groups is 1. The zero-order chi connectivity index (χ0) is 14.7. The van der Waals surface area contributed by atoms with Gasteiger partial charge >= 0.3 is 0 Å². The van der Waals surface area contributed by atoms with Crippen LogP contribution in [0.5, 0.6) is 11.5 Å². The standard InChI is InChI=1S/C15H16N2O3/c1-9-7-11(18)4-5-12(9)15(19)17-13-8-10(16)3-6-14(13)20-2/h3-8,18H,16H2,1-2H3,(H,17,19). The lowest BCUT2D eigenvalue weighted by molar-refractivity contribution is 0.102. The highest BCUT2D eigenvalue weighted by Crippen LogP contribution is 2.27. The Balaban J connectivity index is 2.30. The van der Waals surface area contributed by atoms with Gasteiger partial charge in [-0.3, -0.25) is 4.79 Å². The second kappa shape index (κ2) is 5.52. The molecule has 0 fully saturated rings. The highest BCUT2D eigenvalue weighted by Gasteiger charge is 2.12. The summed E-state index contributed by atoms with van der Waals surface area (Å²) in [5.74, 6) is 0.371. The molecule has 0 radical (unpaired) electrons. The number of hydrogen-bond acceptors (Lipinski definition) is 4. The summed E-state index contributed by atoms with van der Waals surface area (Å²) in [5, 5.41) is 12.1.